The van der Waals surface area contributed by atoms with Crippen LogP contribution in [-0.2, 0) is 11.3 Å². The van der Waals surface area contributed by atoms with Crippen LogP contribution in [0.4, 0.5) is 5.13 Å². The lowest BCUT2D eigenvalue weighted by Gasteiger charge is -2.00. The van der Waals surface area contributed by atoms with Crippen molar-refractivity contribution in [3.8, 4) is 10.6 Å². The molecule has 0 saturated heterocycles. The topological polar surface area (TPSA) is 71.1 Å². The molecule has 0 atom stereocenters. The largest absolute Gasteiger partial charge is 0.351 e. The van der Waals surface area contributed by atoms with Crippen LogP contribution in [0, 0.1) is 0 Å². The van der Waals surface area contributed by atoms with Crippen LogP contribution in [0.2, 0.25) is 0 Å². The van der Waals surface area contributed by atoms with Gasteiger partial charge in [-0.3, -0.25) is 14.9 Å². The van der Waals surface area contributed by atoms with Crippen molar-refractivity contribution in [2.75, 3.05) is 5.32 Å². The van der Waals surface area contributed by atoms with Gasteiger partial charge in [-0.2, -0.15) is 0 Å². The van der Waals surface area contributed by atoms with E-state index in [2.05, 4.69) is 15.6 Å². The number of amides is 2. The lowest BCUT2D eigenvalue weighted by Crippen LogP contribution is -2.17. The zero-order valence-electron chi connectivity index (χ0n) is 12.9. The summed E-state index contributed by atoms with van der Waals surface area (Å²) in [7, 11) is 0. The molecular formula is C17H15N3O2S2. The van der Waals surface area contributed by atoms with E-state index in [-0.39, 0.29) is 11.8 Å². The maximum Gasteiger partial charge on any atom is 0.257 e. The highest BCUT2D eigenvalue weighted by Crippen LogP contribution is 2.30. The molecule has 2 aromatic heterocycles. The van der Waals surface area contributed by atoms with E-state index in [1.165, 1.54) is 18.3 Å². The van der Waals surface area contributed by atoms with E-state index in [1.807, 2.05) is 35.7 Å². The first-order valence-electron chi connectivity index (χ1n) is 7.27. The lowest BCUT2D eigenvalue weighted by molar-refractivity contribution is -0.119. The van der Waals surface area contributed by atoms with Gasteiger partial charge in [0.1, 0.15) is 0 Å². The van der Waals surface area contributed by atoms with Crippen LogP contribution in [0.1, 0.15) is 22.2 Å². The van der Waals surface area contributed by atoms with Crippen molar-refractivity contribution >= 4 is 39.6 Å². The summed E-state index contributed by atoms with van der Waals surface area (Å²) in [6.07, 6.45) is 0. The second-order valence-electron chi connectivity index (χ2n) is 5.03. The molecule has 0 aliphatic heterocycles. The molecule has 0 radical (unpaired) electrons. The highest BCUT2D eigenvalue weighted by atomic mass is 32.1. The van der Waals surface area contributed by atoms with E-state index >= 15 is 0 Å². The average molecular weight is 357 g/mol. The number of nitrogens with one attached hydrogen (secondary N) is 2. The number of thiophene rings is 1. The number of benzene rings is 1. The smallest absolute Gasteiger partial charge is 0.257 e. The molecule has 2 amide bonds. The van der Waals surface area contributed by atoms with Gasteiger partial charge in [-0.05, 0) is 24.3 Å². The summed E-state index contributed by atoms with van der Waals surface area (Å²) in [5.74, 6) is -0.224. The molecule has 0 unspecified atom stereocenters. The van der Waals surface area contributed by atoms with E-state index in [4.69, 9.17) is 0 Å². The monoisotopic (exact) mass is 357 g/mol. The fourth-order valence-electron chi connectivity index (χ4n) is 2.03. The highest BCUT2D eigenvalue weighted by Gasteiger charge is 2.11. The number of rotatable bonds is 5. The van der Waals surface area contributed by atoms with Gasteiger partial charge in [-0.25, -0.2) is 4.98 Å². The van der Waals surface area contributed by atoms with Crippen molar-refractivity contribution < 1.29 is 9.59 Å². The summed E-state index contributed by atoms with van der Waals surface area (Å²) >= 11 is 2.96. The first-order chi connectivity index (χ1) is 11.6. The third kappa shape index (κ3) is 4.06. The van der Waals surface area contributed by atoms with Gasteiger partial charge >= 0.3 is 0 Å². The van der Waals surface area contributed by atoms with Crippen molar-refractivity contribution in [1.29, 1.82) is 0 Å². The zero-order chi connectivity index (χ0) is 16.9. The molecule has 0 bridgehead atoms. The third-order valence-electron chi connectivity index (χ3n) is 3.19. The number of anilines is 1. The van der Waals surface area contributed by atoms with Crippen LogP contribution >= 0.6 is 22.7 Å². The predicted molar refractivity (Wildman–Crippen MR) is 97.3 cm³/mol. The second-order valence-corrected chi connectivity index (χ2v) is 7.06. The molecule has 2 heterocycles. The first-order valence-corrected chi connectivity index (χ1v) is 8.97. The number of thiazole rings is 1. The molecule has 0 aliphatic carbocycles. The Morgan fingerprint density at radius 2 is 1.92 bits per heavy atom. The fourth-order valence-corrected chi connectivity index (χ4v) is 3.71. The van der Waals surface area contributed by atoms with Gasteiger partial charge in [0.25, 0.3) is 5.91 Å². The number of aromatic nitrogens is 1. The summed E-state index contributed by atoms with van der Waals surface area (Å²) in [5, 5.41) is 8.06. The Balaban J connectivity index is 1.67. The number of nitrogens with zero attached hydrogens (tertiary/aromatic N) is 1. The van der Waals surface area contributed by atoms with Crippen molar-refractivity contribution in [2.24, 2.45) is 0 Å². The van der Waals surface area contributed by atoms with Gasteiger partial charge in [0.05, 0.1) is 17.1 Å². The highest BCUT2D eigenvalue weighted by molar-refractivity contribution is 7.17. The standard InChI is InChI=1S/C17H15N3O2S2/c1-11(21)18-9-13-7-8-15(24-13)14-10-23-17(19-14)20-16(22)12-5-3-2-4-6-12/h2-8,10H,9H2,1H3,(H,18,21)(H,19,20,22). The molecule has 5 nitrogen and oxygen atoms in total. The summed E-state index contributed by atoms with van der Waals surface area (Å²) < 4.78 is 0. The van der Waals surface area contributed by atoms with Crippen LogP contribution in [0.5, 0.6) is 0 Å². The Labute approximate surface area is 147 Å². The number of hydrogen-bond acceptors (Lipinski definition) is 5. The molecular weight excluding hydrogens is 342 g/mol. The van der Waals surface area contributed by atoms with Gasteiger partial charge in [-0.15, -0.1) is 22.7 Å². The van der Waals surface area contributed by atoms with E-state index in [0.29, 0.717) is 17.2 Å². The minimum absolute atomic E-state index is 0.0514. The van der Waals surface area contributed by atoms with Gasteiger partial charge in [0.2, 0.25) is 5.91 Å². The van der Waals surface area contributed by atoms with E-state index in [0.717, 1.165) is 15.4 Å². The van der Waals surface area contributed by atoms with Gasteiger partial charge in [0, 0.05) is 22.7 Å². The molecule has 2 N–H and O–H groups in total. The number of carbonyl (C=O) groups excluding carboxylic acids is 2. The van der Waals surface area contributed by atoms with Crippen LogP contribution in [0.15, 0.2) is 47.8 Å². The Bertz CT molecular complexity index is 856. The van der Waals surface area contributed by atoms with Crippen molar-refractivity contribution in [3.05, 3.63) is 58.3 Å². The Hall–Kier alpha value is -2.51. The van der Waals surface area contributed by atoms with Crippen LogP contribution in [-0.4, -0.2) is 16.8 Å². The minimum Gasteiger partial charge on any atom is -0.351 e. The maximum absolute atomic E-state index is 12.1. The van der Waals surface area contributed by atoms with E-state index < -0.39 is 0 Å². The molecule has 0 spiro atoms. The number of hydrogen-bond donors (Lipinski definition) is 2. The van der Waals surface area contributed by atoms with Crippen molar-refractivity contribution in [1.82, 2.24) is 10.3 Å². The molecule has 3 rings (SSSR count). The van der Waals surface area contributed by atoms with Crippen LogP contribution < -0.4 is 10.6 Å². The second kappa shape index (κ2) is 7.37. The Kier molecular flexibility index (Phi) is 5.02. The summed E-state index contributed by atoms with van der Waals surface area (Å²) in [4.78, 5) is 29.6. The molecule has 1 aromatic carbocycles. The molecule has 24 heavy (non-hydrogen) atoms. The van der Waals surface area contributed by atoms with E-state index in [9.17, 15) is 9.59 Å². The SMILES string of the molecule is CC(=O)NCc1ccc(-c2csc(NC(=O)c3ccccc3)n2)s1. The quantitative estimate of drug-likeness (QED) is 0.730. The first kappa shape index (κ1) is 16.4. The Morgan fingerprint density at radius 1 is 1.12 bits per heavy atom. The van der Waals surface area contributed by atoms with Crippen molar-refractivity contribution in [3.63, 3.8) is 0 Å². The number of carbonyl (C=O) groups is 2. The maximum atomic E-state index is 12.1. The summed E-state index contributed by atoms with van der Waals surface area (Å²) in [6, 6.07) is 13.0. The van der Waals surface area contributed by atoms with Crippen LogP contribution in [0.25, 0.3) is 10.6 Å². The van der Waals surface area contributed by atoms with E-state index in [1.54, 1.807) is 23.5 Å². The normalized spacial score (nSPS) is 10.4. The van der Waals surface area contributed by atoms with Crippen LogP contribution in [0.3, 0.4) is 0 Å². The van der Waals surface area contributed by atoms with Gasteiger partial charge in [-0.1, -0.05) is 18.2 Å². The van der Waals surface area contributed by atoms with Crippen molar-refractivity contribution in [2.45, 2.75) is 13.5 Å². The minimum atomic E-state index is -0.172. The molecule has 0 fully saturated rings. The lowest BCUT2D eigenvalue weighted by atomic mass is 10.2. The average Bonchev–Trinajstić information content (AvgIpc) is 3.22. The molecule has 0 saturated carbocycles. The summed E-state index contributed by atoms with van der Waals surface area (Å²) in [5.41, 5.74) is 1.42. The molecule has 122 valence electrons. The third-order valence-corrected chi connectivity index (χ3v) is 5.05. The zero-order valence-corrected chi connectivity index (χ0v) is 14.5. The Morgan fingerprint density at radius 3 is 2.67 bits per heavy atom. The summed E-state index contributed by atoms with van der Waals surface area (Å²) in [6.45, 7) is 2.01. The fraction of sp³-hybridized carbons (Fsp3) is 0.118. The predicted octanol–water partition coefficient (Wildman–Crippen LogP) is 3.76. The van der Waals surface area contributed by atoms with Gasteiger partial charge < -0.3 is 5.32 Å². The van der Waals surface area contributed by atoms with Gasteiger partial charge in [0.15, 0.2) is 5.13 Å². The molecule has 3 aromatic rings. The molecule has 0 aliphatic rings. The molecule has 7 heteroatoms.